The van der Waals surface area contributed by atoms with E-state index in [1.807, 2.05) is 19.1 Å². The van der Waals surface area contributed by atoms with E-state index in [1.54, 1.807) is 0 Å². The van der Waals surface area contributed by atoms with Gasteiger partial charge in [0.25, 0.3) is 0 Å². The zero-order valence-electron chi connectivity index (χ0n) is 11.0. The number of carbonyl (C=O) groups excluding carboxylic acids is 1. The largest absolute Gasteiger partial charge is 0.358 e. The highest BCUT2D eigenvalue weighted by Gasteiger charge is 2.27. The summed E-state index contributed by atoms with van der Waals surface area (Å²) in [5.74, 6) is 0.0844. The third kappa shape index (κ3) is 2.34. The van der Waals surface area contributed by atoms with Gasteiger partial charge < -0.3 is 16.0 Å². The summed E-state index contributed by atoms with van der Waals surface area (Å²) < 4.78 is 0. The SMILES string of the molecule is CC[C@H](N)c1ccccc1N1CCNC(=O)C1C. The Labute approximate surface area is 108 Å². The molecule has 4 nitrogen and oxygen atoms in total. The molecule has 0 saturated carbocycles. The molecule has 1 amide bonds. The maximum Gasteiger partial charge on any atom is 0.242 e. The van der Waals surface area contributed by atoms with Crippen LogP contribution in [0.15, 0.2) is 24.3 Å². The number of hydrogen-bond acceptors (Lipinski definition) is 3. The first kappa shape index (κ1) is 12.9. The summed E-state index contributed by atoms with van der Waals surface area (Å²) in [7, 11) is 0. The van der Waals surface area contributed by atoms with Gasteiger partial charge in [-0.25, -0.2) is 0 Å². The molecule has 1 fully saturated rings. The summed E-state index contributed by atoms with van der Waals surface area (Å²) in [5, 5.41) is 2.88. The molecule has 4 heteroatoms. The topological polar surface area (TPSA) is 58.4 Å². The minimum absolute atomic E-state index is 0.0263. The second-order valence-electron chi connectivity index (χ2n) is 4.73. The van der Waals surface area contributed by atoms with Gasteiger partial charge in [-0.15, -0.1) is 0 Å². The van der Waals surface area contributed by atoms with Crippen molar-refractivity contribution < 1.29 is 4.79 Å². The molecule has 1 aliphatic heterocycles. The highest BCUT2D eigenvalue weighted by molar-refractivity contribution is 5.86. The van der Waals surface area contributed by atoms with Crippen molar-refractivity contribution in [2.24, 2.45) is 5.73 Å². The van der Waals surface area contributed by atoms with Crippen LogP contribution in [0.2, 0.25) is 0 Å². The number of hydrogen-bond donors (Lipinski definition) is 2. The fraction of sp³-hybridized carbons (Fsp3) is 0.500. The Balaban J connectivity index is 2.35. The van der Waals surface area contributed by atoms with Crippen molar-refractivity contribution in [2.75, 3.05) is 18.0 Å². The molecule has 0 spiro atoms. The highest BCUT2D eigenvalue weighted by atomic mass is 16.2. The second-order valence-corrected chi connectivity index (χ2v) is 4.73. The predicted molar refractivity (Wildman–Crippen MR) is 73.5 cm³/mol. The molecule has 0 radical (unpaired) electrons. The highest BCUT2D eigenvalue weighted by Crippen LogP contribution is 2.28. The van der Waals surface area contributed by atoms with Crippen LogP contribution in [0.1, 0.15) is 31.9 Å². The number of piperazine rings is 1. The Kier molecular flexibility index (Phi) is 3.87. The number of nitrogens with two attached hydrogens (primary N) is 1. The summed E-state index contributed by atoms with van der Waals surface area (Å²) in [6.07, 6.45) is 0.894. The summed E-state index contributed by atoms with van der Waals surface area (Å²) in [4.78, 5) is 13.9. The van der Waals surface area contributed by atoms with Crippen molar-refractivity contribution in [3.63, 3.8) is 0 Å². The maximum atomic E-state index is 11.7. The van der Waals surface area contributed by atoms with Crippen LogP contribution in [0.4, 0.5) is 5.69 Å². The van der Waals surface area contributed by atoms with E-state index in [1.165, 1.54) is 0 Å². The van der Waals surface area contributed by atoms with E-state index in [0.29, 0.717) is 6.54 Å². The van der Waals surface area contributed by atoms with Crippen molar-refractivity contribution in [1.82, 2.24) is 5.32 Å². The number of nitrogens with zero attached hydrogens (tertiary/aromatic N) is 1. The summed E-state index contributed by atoms with van der Waals surface area (Å²) in [6, 6.07) is 8.01. The molecule has 1 aliphatic rings. The number of rotatable bonds is 3. The van der Waals surface area contributed by atoms with E-state index >= 15 is 0 Å². The van der Waals surface area contributed by atoms with Crippen LogP contribution in [-0.4, -0.2) is 25.0 Å². The van der Waals surface area contributed by atoms with Crippen LogP contribution in [0.25, 0.3) is 0 Å². The average Bonchev–Trinajstić information content (AvgIpc) is 2.41. The molecular formula is C14H21N3O. The van der Waals surface area contributed by atoms with Gasteiger partial charge in [-0.2, -0.15) is 0 Å². The Bertz CT molecular complexity index is 433. The molecule has 1 heterocycles. The third-order valence-corrected chi connectivity index (χ3v) is 3.58. The summed E-state index contributed by atoms with van der Waals surface area (Å²) >= 11 is 0. The molecule has 2 atom stereocenters. The molecule has 2 rings (SSSR count). The van der Waals surface area contributed by atoms with Gasteiger partial charge in [0.2, 0.25) is 5.91 Å². The molecule has 1 aromatic rings. The van der Waals surface area contributed by atoms with Gasteiger partial charge in [-0.1, -0.05) is 25.1 Å². The average molecular weight is 247 g/mol. The van der Waals surface area contributed by atoms with Gasteiger partial charge in [-0.05, 0) is 25.0 Å². The first-order chi connectivity index (χ1) is 8.65. The molecule has 0 bridgehead atoms. The third-order valence-electron chi connectivity index (χ3n) is 3.58. The molecular weight excluding hydrogens is 226 g/mol. The van der Waals surface area contributed by atoms with Crippen molar-refractivity contribution >= 4 is 11.6 Å². The molecule has 1 aromatic carbocycles. The van der Waals surface area contributed by atoms with Crippen LogP contribution < -0.4 is 16.0 Å². The first-order valence-electron chi connectivity index (χ1n) is 6.54. The van der Waals surface area contributed by atoms with Gasteiger partial charge in [0.05, 0.1) is 0 Å². The van der Waals surface area contributed by atoms with Crippen molar-refractivity contribution in [2.45, 2.75) is 32.4 Å². The van der Waals surface area contributed by atoms with Crippen LogP contribution in [-0.2, 0) is 4.79 Å². The molecule has 1 unspecified atom stereocenters. The van der Waals surface area contributed by atoms with Gasteiger partial charge in [-0.3, -0.25) is 4.79 Å². The summed E-state index contributed by atoms with van der Waals surface area (Å²) in [5.41, 5.74) is 8.37. The Morgan fingerprint density at radius 1 is 1.50 bits per heavy atom. The predicted octanol–water partition coefficient (Wildman–Crippen LogP) is 1.42. The number of anilines is 1. The molecule has 3 N–H and O–H groups in total. The second kappa shape index (κ2) is 5.40. The molecule has 0 aliphatic carbocycles. The van der Waals surface area contributed by atoms with Crippen LogP contribution in [0.5, 0.6) is 0 Å². The number of amides is 1. The lowest BCUT2D eigenvalue weighted by Crippen LogP contribution is -2.54. The lowest BCUT2D eigenvalue weighted by Gasteiger charge is -2.36. The van der Waals surface area contributed by atoms with Crippen LogP contribution in [0, 0.1) is 0 Å². The van der Waals surface area contributed by atoms with E-state index in [2.05, 4.69) is 29.3 Å². The van der Waals surface area contributed by atoms with E-state index in [9.17, 15) is 4.79 Å². The Morgan fingerprint density at radius 3 is 2.94 bits per heavy atom. The zero-order chi connectivity index (χ0) is 13.1. The summed E-state index contributed by atoms with van der Waals surface area (Å²) in [6.45, 7) is 5.54. The molecule has 98 valence electrons. The van der Waals surface area contributed by atoms with Crippen molar-refractivity contribution in [3.05, 3.63) is 29.8 Å². The van der Waals surface area contributed by atoms with Crippen molar-refractivity contribution in [3.8, 4) is 0 Å². The Morgan fingerprint density at radius 2 is 2.22 bits per heavy atom. The van der Waals surface area contributed by atoms with E-state index in [0.717, 1.165) is 24.2 Å². The van der Waals surface area contributed by atoms with Gasteiger partial charge in [0, 0.05) is 24.8 Å². The first-order valence-corrected chi connectivity index (χ1v) is 6.54. The van der Waals surface area contributed by atoms with Crippen LogP contribution >= 0.6 is 0 Å². The number of benzene rings is 1. The minimum Gasteiger partial charge on any atom is -0.358 e. The number of para-hydroxylation sites is 1. The molecule has 1 saturated heterocycles. The fourth-order valence-electron chi connectivity index (χ4n) is 2.39. The number of carbonyl (C=O) groups is 1. The quantitative estimate of drug-likeness (QED) is 0.849. The molecule has 0 aromatic heterocycles. The maximum absolute atomic E-state index is 11.7. The van der Waals surface area contributed by atoms with Gasteiger partial charge in [0.1, 0.15) is 6.04 Å². The Hall–Kier alpha value is -1.55. The lowest BCUT2D eigenvalue weighted by atomic mass is 10.0. The molecule has 18 heavy (non-hydrogen) atoms. The fourth-order valence-corrected chi connectivity index (χ4v) is 2.39. The van der Waals surface area contributed by atoms with Crippen LogP contribution in [0.3, 0.4) is 0 Å². The standard InChI is InChI=1S/C14H21N3O/c1-3-12(15)11-6-4-5-7-13(11)17-9-8-16-14(18)10(17)2/h4-7,10,12H,3,8-9,15H2,1-2H3,(H,16,18)/t10?,12-/m0/s1. The smallest absolute Gasteiger partial charge is 0.242 e. The van der Waals surface area contributed by atoms with Gasteiger partial charge >= 0.3 is 0 Å². The lowest BCUT2D eigenvalue weighted by molar-refractivity contribution is -0.122. The van der Waals surface area contributed by atoms with Crippen molar-refractivity contribution in [1.29, 1.82) is 0 Å². The minimum atomic E-state index is -0.135. The van der Waals surface area contributed by atoms with E-state index < -0.39 is 0 Å². The van der Waals surface area contributed by atoms with E-state index in [-0.39, 0.29) is 18.0 Å². The van der Waals surface area contributed by atoms with Gasteiger partial charge in [0.15, 0.2) is 0 Å². The van der Waals surface area contributed by atoms with E-state index in [4.69, 9.17) is 5.73 Å². The number of nitrogens with one attached hydrogen (secondary N) is 1. The normalized spacial score (nSPS) is 21.6. The zero-order valence-corrected chi connectivity index (χ0v) is 11.0. The monoisotopic (exact) mass is 247 g/mol.